The molecule has 0 amide bonds. The van der Waals surface area contributed by atoms with Crippen LogP contribution in [0.25, 0.3) is 0 Å². The van der Waals surface area contributed by atoms with E-state index in [0.717, 1.165) is 16.9 Å². The lowest BCUT2D eigenvalue weighted by Crippen LogP contribution is -2.36. The van der Waals surface area contributed by atoms with Gasteiger partial charge < -0.3 is 19.0 Å². The van der Waals surface area contributed by atoms with Gasteiger partial charge in [0.1, 0.15) is 11.5 Å². The number of aliphatic hydroxyl groups is 1. The number of hydrogen-bond acceptors (Lipinski definition) is 7. The minimum Gasteiger partial charge on any atom is -0.496 e. The molecule has 2 heterocycles. The molecule has 1 aliphatic rings. The highest BCUT2D eigenvalue weighted by atomic mass is 16.5. The number of benzene rings is 1. The molecule has 124 valence electrons. The lowest BCUT2D eigenvalue weighted by Gasteiger charge is -2.36. The Morgan fingerprint density at radius 1 is 1.26 bits per heavy atom. The summed E-state index contributed by atoms with van der Waals surface area (Å²) >= 11 is 0. The van der Waals surface area contributed by atoms with E-state index in [1.54, 1.807) is 21.1 Å². The van der Waals surface area contributed by atoms with Crippen LogP contribution in [0.1, 0.15) is 42.0 Å². The van der Waals surface area contributed by atoms with Crippen LogP contribution in [-0.2, 0) is 6.54 Å². The summed E-state index contributed by atoms with van der Waals surface area (Å²) in [6, 6.07) is 3.58. The highest BCUT2D eigenvalue weighted by molar-refractivity contribution is 5.51. The molecule has 23 heavy (non-hydrogen) atoms. The van der Waals surface area contributed by atoms with Crippen molar-refractivity contribution < 1.29 is 19.0 Å². The molecule has 0 aliphatic carbocycles. The molecule has 1 N–H and O–H groups in total. The Bertz CT molecular complexity index is 701. The molecule has 3 rings (SSSR count). The zero-order valence-corrected chi connectivity index (χ0v) is 13.7. The molecule has 0 saturated carbocycles. The van der Waals surface area contributed by atoms with Gasteiger partial charge in [0.25, 0.3) is 0 Å². The lowest BCUT2D eigenvalue weighted by molar-refractivity contribution is 0.0584. The monoisotopic (exact) mass is 319 g/mol. The van der Waals surface area contributed by atoms with Gasteiger partial charge >= 0.3 is 0 Å². The Hall–Kier alpha value is -2.12. The van der Waals surface area contributed by atoms with E-state index in [-0.39, 0.29) is 6.04 Å². The molecule has 0 saturated heterocycles. The van der Waals surface area contributed by atoms with Crippen molar-refractivity contribution in [1.82, 2.24) is 15.1 Å². The van der Waals surface area contributed by atoms with Crippen LogP contribution in [-0.4, -0.2) is 41.0 Å². The van der Waals surface area contributed by atoms with Crippen LogP contribution in [0.2, 0.25) is 0 Å². The molecule has 0 fully saturated rings. The van der Waals surface area contributed by atoms with Crippen molar-refractivity contribution >= 4 is 0 Å². The highest BCUT2D eigenvalue weighted by Gasteiger charge is 2.33. The van der Waals surface area contributed by atoms with Crippen LogP contribution in [0.15, 0.2) is 16.5 Å². The quantitative estimate of drug-likeness (QED) is 0.923. The van der Waals surface area contributed by atoms with Gasteiger partial charge in [-0.1, -0.05) is 0 Å². The van der Waals surface area contributed by atoms with Crippen LogP contribution in [0.5, 0.6) is 11.5 Å². The van der Waals surface area contributed by atoms with Gasteiger partial charge in [-0.15, -0.1) is 10.2 Å². The lowest BCUT2D eigenvalue weighted by atomic mass is 9.94. The predicted octanol–water partition coefficient (Wildman–Crippen LogP) is 2.01. The van der Waals surface area contributed by atoms with E-state index >= 15 is 0 Å². The fourth-order valence-corrected chi connectivity index (χ4v) is 3.03. The summed E-state index contributed by atoms with van der Waals surface area (Å²) in [5.74, 6) is 2.48. The summed E-state index contributed by atoms with van der Waals surface area (Å²) < 4.78 is 16.4. The number of nitrogens with zero attached hydrogens (tertiary/aromatic N) is 3. The van der Waals surface area contributed by atoms with Gasteiger partial charge in [-0.05, 0) is 19.1 Å². The van der Waals surface area contributed by atoms with Crippen LogP contribution < -0.4 is 9.47 Å². The van der Waals surface area contributed by atoms with Crippen molar-refractivity contribution in [3.05, 3.63) is 35.0 Å². The van der Waals surface area contributed by atoms with E-state index < -0.39 is 6.10 Å². The first-order chi connectivity index (χ1) is 11.0. The van der Waals surface area contributed by atoms with E-state index in [1.807, 2.05) is 19.1 Å². The number of fused-ring (bicyclic) bond motifs is 1. The Labute approximate surface area is 134 Å². The molecular formula is C16H21N3O4. The van der Waals surface area contributed by atoms with E-state index in [0.29, 0.717) is 30.6 Å². The number of β-amino-alcohol motifs (C(OH)–C–C–N with tert-alkyl or cyclic N) is 1. The molecular weight excluding hydrogens is 298 g/mol. The average Bonchev–Trinajstić information content (AvgIpc) is 2.99. The van der Waals surface area contributed by atoms with Gasteiger partial charge in [0, 0.05) is 31.1 Å². The van der Waals surface area contributed by atoms with Gasteiger partial charge in [0.2, 0.25) is 11.8 Å². The normalized spacial score (nSPS) is 19.3. The van der Waals surface area contributed by atoms with Crippen LogP contribution in [0.4, 0.5) is 0 Å². The Morgan fingerprint density at radius 3 is 2.57 bits per heavy atom. The van der Waals surface area contributed by atoms with Crippen molar-refractivity contribution in [3.63, 3.8) is 0 Å². The molecule has 2 atom stereocenters. The Balaban J connectivity index is 1.96. The van der Waals surface area contributed by atoms with Crippen molar-refractivity contribution in [2.75, 3.05) is 20.8 Å². The van der Waals surface area contributed by atoms with E-state index in [2.05, 4.69) is 15.1 Å². The summed E-state index contributed by atoms with van der Waals surface area (Å²) in [6.07, 6.45) is -0.671. The third-order valence-corrected chi connectivity index (χ3v) is 4.26. The number of aliphatic hydroxyl groups excluding tert-OH is 1. The zero-order chi connectivity index (χ0) is 16.6. The number of ether oxygens (including phenoxy) is 2. The van der Waals surface area contributed by atoms with Gasteiger partial charge in [-0.25, -0.2) is 0 Å². The number of rotatable bonds is 4. The highest BCUT2D eigenvalue weighted by Crippen LogP contribution is 2.41. The maximum atomic E-state index is 10.6. The van der Waals surface area contributed by atoms with Gasteiger partial charge in [-0.2, -0.15) is 0 Å². The molecule has 0 spiro atoms. The number of hydrogen-bond donors (Lipinski definition) is 1. The summed E-state index contributed by atoms with van der Waals surface area (Å²) in [5.41, 5.74) is 1.71. The molecule has 1 aliphatic heterocycles. The molecule has 1 aromatic carbocycles. The summed E-state index contributed by atoms with van der Waals surface area (Å²) in [4.78, 5) is 2.09. The van der Waals surface area contributed by atoms with Crippen molar-refractivity contribution in [1.29, 1.82) is 0 Å². The molecule has 0 unspecified atom stereocenters. The largest absolute Gasteiger partial charge is 0.496 e. The van der Waals surface area contributed by atoms with E-state index in [1.165, 1.54) is 0 Å². The van der Waals surface area contributed by atoms with Crippen molar-refractivity contribution in [3.8, 4) is 11.5 Å². The Morgan fingerprint density at radius 2 is 1.96 bits per heavy atom. The summed E-state index contributed by atoms with van der Waals surface area (Å²) in [7, 11) is 3.23. The molecule has 2 aromatic rings. The van der Waals surface area contributed by atoms with Crippen LogP contribution >= 0.6 is 0 Å². The maximum Gasteiger partial charge on any atom is 0.233 e. The summed E-state index contributed by atoms with van der Waals surface area (Å²) in [5, 5.41) is 18.6. The minimum absolute atomic E-state index is 0.102. The molecule has 0 bridgehead atoms. The predicted molar refractivity (Wildman–Crippen MR) is 82.4 cm³/mol. The fraction of sp³-hybridized carbons (Fsp3) is 0.500. The number of methoxy groups -OCH3 is 2. The molecule has 7 heteroatoms. The standard InChI is InChI=1S/C16H21N3O4/c1-9(16-18-17-10(2)23-16)19-7-11-13(21-3)5-6-14(22-4)15(11)12(20)8-19/h5-6,9,12,20H,7-8H2,1-4H3/t9-,12-/m1/s1. The summed E-state index contributed by atoms with van der Waals surface area (Å²) in [6.45, 7) is 4.81. The zero-order valence-electron chi connectivity index (χ0n) is 13.7. The Kier molecular flexibility index (Phi) is 4.23. The van der Waals surface area contributed by atoms with Crippen molar-refractivity contribution in [2.24, 2.45) is 0 Å². The number of aromatic nitrogens is 2. The fourth-order valence-electron chi connectivity index (χ4n) is 3.03. The smallest absolute Gasteiger partial charge is 0.233 e. The molecule has 0 radical (unpaired) electrons. The SMILES string of the molecule is COc1ccc(OC)c2c1CN([C@H](C)c1nnc(C)o1)C[C@H]2O. The third-order valence-electron chi connectivity index (χ3n) is 4.26. The third kappa shape index (κ3) is 2.77. The second-order valence-electron chi connectivity index (χ2n) is 5.64. The van der Waals surface area contributed by atoms with Gasteiger partial charge in [-0.3, -0.25) is 4.90 Å². The van der Waals surface area contributed by atoms with Gasteiger partial charge in [0.15, 0.2) is 0 Å². The molecule has 1 aromatic heterocycles. The van der Waals surface area contributed by atoms with Crippen molar-refractivity contribution in [2.45, 2.75) is 32.5 Å². The van der Waals surface area contributed by atoms with Crippen LogP contribution in [0, 0.1) is 6.92 Å². The maximum absolute atomic E-state index is 10.6. The first kappa shape index (κ1) is 15.8. The first-order valence-electron chi connectivity index (χ1n) is 7.51. The van der Waals surface area contributed by atoms with E-state index in [4.69, 9.17) is 13.9 Å². The van der Waals surface area contributed by atoms with E-state index in [9.17, 15) is 5.11 Å². The number of aryl methyl sites for hydroxylation is 1. The molecule has 7 nitrogen and oxygen atoms in total. The van der Waals surface area contributed by atoms with Crippen LogP contribution in [0.3, 0.4) is 0 Å². The average molecular weight is 319 g/mol. The second-order valence-corrected chi connectivity index (χ2v) is 5.64. The topological polar surface area (TPSA) is 80.9 Å². The second kappa shape index (κ2) is 6.17. The van der Waals surface area contributed by atoms with Gasteiger partial charge in [0.05, 0.1) is 26.4 Å². The minimum atomic E-state index is -0.671. The first-order valence-corrected chi connectivity index (χ1v) is 7.51.